The summed E-state index contributed by atoms with van der Waals surface area (Å²) in [4.78, 5) is 30.7. The van der Waals surface area contributed by atoms with Crippen molar-refractivity contribution in [1.29, 1.82) is 0 Å². The Kier molecular flexibility index (Phi) is 5.02. The summed E-state index contributed by atoms with van der Waals surface area (Å²) < 4.78 is 0. The van der Waals surface area contributed by atoms with Crippen molar-refractivity contribution in [3.05, 3.63) is 46.5 Å². The van der Waals surface area contributed by atoms with Crippen molar-refractivity contribution in [2.24, 2.45) is 0 Å². The molecule has 26 heavy (non-hydrogen) atoms. The van der Waals surface area contributed by atoms with Crippen LogP contribution in [-0.2, 0) is 11.2 Å². The fourth-order valence-electron chi connectivity index (χ4n) is 3.84. The van der Waals surface area contributed by atoms with Crippen LogP contribution in [0.4, 0.5) is 5.13 Å². The van der Waals surface area contributed by atoms with Gasteiger partial charge >= 0.3 is 0 Å². The Balaban J connectivity index is 1.42. The highest BCUT2D eigenvalue weighted by atomic mass is 32.1. The highest BCUT2D eigenvalue weighted by molar-refractivity contribution is 7.16. The minimum atomic E-state index is -0.175. The van der Waals surface area contributed by atoms with E-state index in [0.29, 0.717) is 16.7 Å². The van der Waals surface area contributed by atoms with Crippen molar-refractivity contribution in [3.8, 4) is 0 Å². The van der Waals surface area contributed by atoms with Crippen molar-refractivity contribution < 1.29 is 9.59 Å². The van der Waals surface area contributed by atoms with E-state index < -0.39 is 0 Å². The van der Waals surface area contributed by atoms with Gasteiger partial charge in [0.25, 0.3) is 5.91 Å². The van der Waals surface area contributed by atoms with Crippen LogP contribution >= 0.6 is 11.3 Å². The second-order valence-electron chi connectivity index (χ2n) is 7.08. The molecule has 1 heterocycles. The van der Waals surface area contributed by atoms with Crippen LogP contribution in [0.5, 0.6) is 0 Å². The van der Waals surface area contributed by atoms with Gasteiger partial charge in [0.2, 0.25) is 5.91 Å². The summed E-state index contributed by atoms with van der Waals surface area (Å²) >= 11 is 1.49. The van der Waals surface area contributed by atoms with Crippen molar-refractivity contribution in [1.82, 2.24) is 10.3 Å². The minimum absolute atomic E-state index is 0.0990. The first-order valence-electron chi connectivity index (χ1n) is 9.37. The fourth-order valence-corrected chi connectivity index (χ4v) is 4.88. The van der Waals surface area contributed by atoms with E-state index in [9.17, 15) is 9.59 Å². The first kappa shape index (κ1) is 17.2. The average Bonchev–Trinajstić information content (AvgIpc) is 3.23. The number of carbonyl (C=O) groups excluding carboxylic acids is 2. The maximum atomic E-state index is 12.7. The molecule has 136 valence electrons. The van der Waals surface area contributed by atoms with E-state index in [4.69, 9.17) is 0 Å². The lowest BCUT2D eigenvalue weighted by atomic mass is 9.94. The van der Waals surface area contributed by atoms with Gasteiger partial charge in [-0.1, -0.05) is 37.5 Å². The highest BCUT2D eigenvalue weighted by Gasteiger charge is 2.33. The van der Waals surface area contributed by atoms with Gasteiger partial charge in [-0.05, 0) is 37.8 Å². The van der Waals surface area contributed by atoms with Gasteiger partial charge in [-0.2, -0.15) is 0 Å². The number of nitrogens with one attached hydrogen (secondary N) is 2. The second kappa shape index (κ2) is 7.58. The number of anilines is 1. The topological polar surface area (TPSA) is 71.1 Å². The molecule has 2 aromatic rings. The number of hydrogen-bond acceptors (Lipinski definition) is 4. The van der Waals surface area contributed by atoms with E-state index in [0.717, 1.165) is 36.3 Å². The van der Waals surface area contributed by atoms with E-state index in [-0.39, 0.29) is 17.7 Å². The molecule has 0 spiro atoms. The molecular formula is C20H23N3O2S. The van der Waals surface area contributed by atoms with Crippen LogP contribution in [0, 0.1) is 0 Å². The lowest BCUT2D eigenvalue weighted by molar-refractivity contribution is -0.123. The molecule has 1 aromatic heterocycles. The van der Waals surface area contributed by atoms with Crippen LogP contribution < -0.4 is 10.6 Å². The second-order valence-corrected chi connectivity index (χ2v) is 8.17. The first-order chi connectivity index (χ1) is 12.7. The van der Waals surface area contributed by atoms with Crippen LogP contribution in [0.2, 0.25) is 0 Å². The molecule has 5 nitrogen and oxygen atoms in total. The van der Waals surface area contributed by atoms with E-state index in [1.807, 2.05) is 18.2 Å². The molecule has 2 aliphatic carbocycles. The molecule has 0 saturated heterocycles. The highest BCUT2D eigenvalue weighted by Crippen LogP contribution is 2.38. The summed E-state index contributed by atoms with van der Waals surface area (Å²) in [5, 5.41) is 6.66. The summed E-state index contributed by atoms with van der Waals surface area (Å²) in [6, 6.07) is 9.42. The molecule has 4 rings (SSSR count). The van der Waals surface area contributed by atoms with E-state index in [1.54, 1.807) is 12.1 Å². The van der Waals surface area contributed by atoms with Crippen LogP contribution in [0.15, 0.2) is 30.3 Å². The molecular weight excluding hydrogens is 346 g/mol. The number of fused-ring (bicyclic) bond motifs is 1. The number of rotatable bonds is 4. The summed E-state index contributed by atoms with van der Waals surface area (Å²) in [7, 11) is 0. The molecule has 1 unspecified atom stereocenters. The number of hydrogen-bond donors (Lipinski definition) is 2. The number of amides is 2. The molecule has 1 atom stereocenters. The van der Waals surface area contributed by atoms with Gasteiger partial charge < -0.3 is 5.32 Å². The Labute approximate surface area is 157 Å². The zero-order valence-corrected chi connectivity index (χ0v) is 15.5. The maximum absolute atomic E-state index is 12.7. The molecule has 2 aliphatic rings. The van der Waals surface area contributed by atoms with Crippen LogP contribution in [0.25, 0.3) is 0 Å². The Bertz CT molecular complexity index is 797. The summed E-state index contributed by atoms with van der Waals surface area (Å²) in [6.07, 6.45) is 7.52. The summed E-state index contributed by atoms with van der Waals surface area (Å²) in [5.41, 5.74) is 1.46. The predicted octanol–water partition coefficient (Wildman–Crippen LogP) is 3.87. The van der Waals surface area contributed by atoms with Gasteiger partial charge in [0.1, 0.15) is 0 Å². The van der Waals surface area contributed by atoms with Crippen LogP contribution in [-0.4, -0.2) is 22.8 Å². The van der Waals surface area contributed by atoms with Gasteiger partial charge in [-0.15, -0.1) is 11.3 Å². The van der Waals surface area contributed by atoms with E-state index >= 15 is 0 Å². The predicted molar refractivity (Wildman–Crippen MR) is 103 cm³/mol. The molecule has 0 radical (unpaired) electrons. The quantitative estimate of drug-likeness (QED) is 0.859. The first-order valence-corrected chi connectivity index (χ1v) is 10.2. The zero-order valence-electron chi connectivity index (χ0n) is 14.7. The standard InChI is InChI=1S/C20H23N3O2S/c24-18(13-7-3-1-4-8-13)23-20-22-17-15(11-12-16(17)26-20)19(25)21-14-9-5-2-6-10-14/h1,3-4,7-8,14-15H,2,5-6,9-12H2,(H,21,25)(H,22,23,24). The van der Waals surface area contributed by atoms with Gasteiger partial charge in [0.05, 0.1) is 11.6 Å². The number of aromatic nitrogens is 1. The fraction of sp³-hybridized carbons (Fsp3) is 0.450. The van der Waals surface area contributed by atoms with Crippen molar-refractivity contribution >= 4 is 28.3 Å². The lowest BCUT2D eigenvalue weighted by Gasteiger charge is -2.24. The third-order valence-electron chi connectivity index (χ3n) is 5.24. The summed E-state index contributed by atoms with van der Waals surface area (Å²) in [5.74, 6) is -0.242. The average molecular weight is 369 g/mol. The molecule has 1 aromatic carbocycles. The third-order valence-corrected chi connectivity index (χ3v) is 6.29. The molecule has 0 aliphatic heterocycles. The molecule has 1 saturated carbocycles. The van der Waals surface area contributed by atoms with Crippen molar-refractivity contribution in [2.45, 2.75) is 56.9 Å². The Hall–Kier alpha value is -2.21. The monoisotopic (exact) mass is 369 g/mol. The SMILES string of the molecule is O=C(Nc1nc2c(s1)CCC2C(=O)NC1CCCCC1)c1ccccc1. The number of aryl methyl sites for hydroxylation is 1. The van der Waals surface area contributed by atoms with Gasteiger partial charge in [0.15, 0.2) is 5.13 Å². The molecule has 1 fully saturated rings. The van der Waals surface area contributed by atoms with Gasteiger partial charge in [-0.25, -0.2) is 4.98 Å². The van der Waals surface area contributed by atoms with Gasteiger partial charge in [0, 0.05) is 16.5 Å². The smallest absolute Gasteiger partial charge is 0.257 e. The Morgan fingerprint density at radius 2 is 1.81 bits per heavy atom. The third kappa shape index (κ3) is 3.65. The number of benzene rings is 1. The lowest BCUT2D eigenvalue weighted by Crippen LogP contribution is -2.38. The zero-order chi connectivity index (χ0) is 17.9. The van der Waals surface area contributed by atoms with E-state index in [1.165, 1.54) is 30.6 Å². The Morgan fingerprint density at radius 3 is 2.58 bits per heavy atom. The largest absolute Gasteiger partial charge is 0.353 e. The molecule has 6 heteroatoms. The molecule has 2 amide bonds. The number of nitrogens with zero attached hydrogens (tertiary/aromatic N) is 1. The maximum Gasteiger partial charge on any atom is 0.257 e. The summed E-state index contributed by atoms with van der Waals surface area (Å²) in [6.45, 7) is 0. The molecule has 2 N–H and O–H groups in total. The van der Waals surface area contributed by atoms with Crippen molar-refractivity contribution in [2.75, 3.05) is 5.32 Å². The van der Waals surface area contributed by atoms with Crippen LogP contribution in [0.3, 0.4) is 0 Å². The number of carbonyl (C=O) groups is 2. The molecule has 0 bridgehead atoms. The van der Waals surface area contributed by atoms with Gasteiger partial charge in [-0.3, -0.25) is 14.9 Å². The van der Waals surface area contributed by atoms with Crippen LogP contribution in [0.1, 0.15) is 65.4 Å². The minimum Gasteiger partial charge on any atom is -0.353 e. The van der Waals surface area contributed by atoms with E-state index in [2.05, 4.69) is 15.6 Å². The number of thiazole rings is 1. The Morgan fingerprint density at radius 1 is 1.04 bits per heavy atom. The normalized spacial score (nSPS) is 19.8. The van der Waals surface area contributed by atoms with Crippen molar-refractivity contribution in [3.63, 3.8) is 0 Å².